The number of fused-ring (bicyclic) bond motifs is 3. The van der Waals surface area contributed by atoms with E-state index in [-0.39, 0.29) is 16.1 Å². The maximum atomic E-state index is 15.2. The Labute approximate surface area is 188 Å². The van der Waals surface area contributed by atoms with Crippen molar-refractivity contribution in [2.45, 2.75) is 33.2 Å². The standard InChI is InChI=1S/C24H20ClF3N4/c1-11-4-5-15(21(28)20(11)27)23-22-14(16-9-17(25)18(26)10-19(16)31-22)6-7-32(23)24-29-12(2)8-13(3)30-24/h4-5,8-10,23,31H,6-7H2,1-3H3. The number of anilines is 1. The fraction of sp³-hybridized carbons (Fsp3) is 0.250. The van der Waals surface area contributed by atoms with Crippen molar-refractivity contribution in [2.24, 2.45) is 0 Å². The summed E-state index contributed by atoms with van der Waals surface area (Å²) in [7, 11) is 0. The fourth-order valence-electron chi connectivity index (χ4n) is 4.53. The fourth-order valence-corrected chi connectivity index (χ4v) is 4.70. The predicted molar refractivity (Wildman–Crippen MR) is 119 cm³/mol. The van der Waals surface area contributed by atoms with Crippen LogP contribution < -0.4 is 4.90 Å². The number of aromatic amines is 1. The maximum absolute atomic E-state index is 15.2. The number of nitrogens with one attached hydrogen (secondary N) is 1. The average molecular weight is 457 g/mol. The number of benzene rings is 2. The molecule has 0 spiro atoms. The van der Waals surface area contributed by atoms with E-state index in [0.717, 1.165) is 22.3 Å². The van der Waals surface area contributed by atoms with Crippen LogP contribution >= 0.6 is 11.6 Å². The Bertz CT molecular complexity index is 1360. The SMILES string of the molecule is Cc1cc(C)nc(N2CCc3c([nH]c4cc(F)c(Cl)cc34)C2c2ccc(C)c(F)c2F)n1. The zero-order valence-electron chi connectivity index (χ0n) is 17.7. The van der Waals surface area contributed by atoms with Crippen molar-refractivity contribution in [2.75, 3.05) is 11.4 Å². The van der Waals surface area contributed by atoms with Gasteiger partial charge in [0.2, 0.25) is 5.95 Å². The van der Waals surface area contributed by atoms with E-state index >= 15 is 4.39 Å². The first-order chi connectivity index (χ1) is 15.2. The number of aromatic nitrogens is 3. The molecule has 2 aromatic heterocycles. The lowest BCUT2D eigenvalue weighted by Crippen LogP contribution is -2.38. The molecule has 0 radical (unpaired) electrons. The molecule has 3 heterocycles. The molecule has 1 atom stereocenters. The van der Waals surface area contributed by atoms with Gasteiger partial charge in [0.05, 0.1) is 5.02 Å². The molecule has 1 aliphatic rings. The highest BCUT2D eigenvalue weighted by molar-refractivity contribution is 6.31. The molecule has 32 heavy (non-hydrogen) atoms. The number of rotatable bonds is 2. The van der Waals surface area contributed by atoms with Crippen LogP contribution in [0.3, 0.4) is 0 Å². The predicted octanol–water partition coefficient (Wildman–Crippen LogP) is 6.11. The summed E-state index contributed by atoms with van der Waals surface area (Å²) in [5.41, 5.74) is 4.04. The van der Waals surface area contributed by atoms with E-state index in [1.54, 1.807) is 18.2 Å². The molecule has 164 valence electrons. The summed E-state index contributed by atoms with van der Waals surface area (Å²) >= 11 is 6.03. The maximum Gasteiger partial charge on any atom is 0.226 e. The highest BCUT2D eigenvalue weighted by atomic mass is 35.5. The second kappa shape index (κ2) is 7.52. The van der Waals surface area contributed by atoms with Gasteiger partial charge in [-0.1, -0.05) is 23.7 Å². The van der Waals surface area contributed by atoms with Crippen molar-refractivity contribution < 1.29 is 13.2 Å². The molecule has 4 aromatic rings. The molecule has 8 heteroatoms. The minimum Gasteiger partial charge on any atom is -0.356 e. The van der Waals surface area contributed by atoms with Gasteiger partial charge in [0.15, 0.2) is 11.6 Å². The van der Waals surface area contributed by atoms with Gasteiger partial charge in [-0.25, -0.2) is 23.1 Å². The van der Waals surface area contributed by atoms with E-state index in [1.807, 2.05) is 24.8 Å². The van der Waals surface area contributed by atoms with Crippen LogP contribution in [-0.2, 0) is 6.42 Å². The second-order valence-electron chi connectivity index (χ2n) is 8.23. The van der Waals surface area contributed by atoms with Crippen molar-refractivity contribution in [3.63, 3.8) is 0 Å². The van der Waals surface area contributed by atoms with Gasteiger partial charge in [0.25, 0.3) is 0 Å². The van der Waals surface area contributed by atoms with E-state index < -0.39 is 23.5 Å². The van der Waals surface area contributed by atoms with E-state index in [4.69, 9.17) is 11.6 Å². The molecule has 0 saturated heterocycles. The molecular formula is C24H20ClF3N4. The van der Waals surface area contributed by atoms with Crippen LogP contribution in [0.25, 0.3) is 10.9 Å². The number of hydrogen-bond donors (Lipinski definition) is 1. The number of halogens is 4. The summed E-state index contributed by atoms with van der Waals surface area (Å²) in [5, 5.41) is 0.786. The first-order valence-electron chi connectivity index (χ1n) is 10.3. The molecule has 2 aromatic carbocycles. The lowest BCUT2D eigenvalue weighted by atomic mass is 9.91. The molecule has 0 bridgehead atoms. The Kier molecular flexibility index (Phi) is 4.89. The molecule has 0 saturated carbocycles. The Morgan fingerprint density at radius 3 is 2.44 bits per heavy atom. The van der Waals surface area contributed by atoms with Crippen molar-refractivity contribution in [3.8, 4) is 0 Å². The third-order valence-electron chi connectivity index (χ3n) is 6.00. The Morgan fingerprint density at radius 2 is 1.72 bits per heavy atom. The molecule has 1 aliphatic heterocycles. The van der Waals surface area contributed by atoms with Crippen molar-refractivity contribution >= 4 is 28.5 Å². The Morgan fingerprint density at radius 1 is 1.00 bits per heavy atom. The van der Waals surface area contributed by atoms with Crippen LogP contribution in [0, 0.1) is 38.2 Å². The Hall–Kier alpha value is -3.06. The lowest BCUT2D eigenvalue weighted by Gasteiger charge is -2.36. The number of aryl methyl sites for hydroxylation is 3. The average Bonchev–Trinajstić information content (AvgIpc) is 3.09. The van der Waals surface area contributed by atoms with E-state index in [2.05, 4.69) is 15.0 Å². The summed E-state index contributed by atoms with van der Waals surface area (Å²) in [4.78, 5) is 14.2. The number of H-pyrrole nitrogens is 1. The first kappa shape index (κ1) is 20.8. The minimum absolute atomic E-state index is 0.0171. The highest BCUT2D eigenvalue weighted by Crippen LogP contribution is 2.42. The van der Waals surface area contributed by atoms with Gasteiger partial charge < -0.3 is 9.88 Å². The zero-order chi connectivity index (χ0) is 22.7. The van der Waals surface area contributed by atoms with Gasteiger partial charge in [-0.05, 0) is 56.5 Å². The number of nitrogens with zero attached hydrogens (tertiary/aromatic N) is 3. The summed E-state index contributed by atoms with van der Waals surface area (Å²) < 4.78 is 44.0. The molecule has 1 N–H and O–H groups in total. The van der Waals surface area contributed by atoms with Crippen LogP contribution in [0.4, 0.5) is 19.1 Å². The van der Waals surface area contributed by atoms with Crippen LogP contribution in [0.1, 0.15) is 39.8 Å². The largest absolute Gasteiger partial charge is 0.356 e. The molecule has 0 fully saturated rings. The molecule has 4 nitrogen and oxygen atoms in total. The van der Waals surface area contributed by atoms with Crippen LogP contribution in [-0.4, -0.2) is 21.5 Å². The van der Waals surface area contributed by atoms with Crippen molar-refractivity contribution in [1.82, 2.24) is 15.0 Å². The smallest absolute Gasteiger partial charge is 0.226 e. The van der Waals surface area contributed by atoms with E-state index in [9.17, 15) is 8.78 Å². The normalized spacial score (nSPS) is 16.0. The van der Waals surface area contributed by atoms with E-state index in [0.29, 0.717) is 30.1 Å². The second-order valence-corrected chi connectivity index (χ2v) is 8.63. The monoisotopic (exact) mass is 456 g/mol. The van der Waals surface area contributed by atoms with Gasteiger partial charge in [0.1, 0.15) is 11.9 Å². The van der Waals surface area contributed by atoms with E-state index in [1.165, 1.54) is 13.0 Å². The zero-order valence-corrected chi connectivity index (χ0v) is 18.5. The third kappa shape index (κ3) is 3.23. The summed E-state index contributed by atoms with van der Waals surface area (Å²) in [5.74, 6) is -1.92. The molecule has 0 amide bonds. The van der Waals surface area contributed by atoms with Crippen LogP contribution in [0.15, 0.2) is 30.3 Å². The van der Waals surface area contributed by atoms with Crippen molar-refractivity contribution in [1.29, 1.82) is 0 Å². The summed E-state index contributed by atoms with van der Waals surface area (Å²) in [6.07, 6.45) is 0.583. The highest BCUT2D eigenvalue weighted by Gasteiger charge is 2.36. The van der Waals surface area contributed by atoms with Gasteiger partial charge >= 0.3 is 0 Å². The first-order valence-corrected chi connectivity index (χ1v) is 10.6. The van der Waals surface area contributed by atoms with Gasteiger partial charge in [-0.2, -0.15) is 0 Å². The third-order valence-corrected chi connectivity index (χ3v) is 6.28. The summed E-state index contributed by atoms with van der Waals surface area (Å²) in [6.45, 7) is 5.72. The molecule has 5 rings (SSSR count). The van der Waals surface area contributed by atoms with Gasteiger partial charge in [0, 0.05) is 40.1 Å². The molecule has 1 unspecified atom stereocenters. The van der Waals surface area contributed by atoms with Crippen molar-refractivity contribution in [3.05, 3.63) is 86.6 Å². The van der Waals surface area contributed by atoms with Gasteiger partial charge in [-0.15, -0.1) is 0 Å². The quantitative estimate of drug-likeness (QED) is 0.396. The number of hydrogen-bond acceptors (Lipinski definition) is 3. The summed E-state index contributed by atoms with van der Waals surface area (Å²) in [6, 6.07) is 7.19. The Balaban J connectivity index is 1.78. The molecular weight excluding hydrogens is 437 g/mol. The lowest BCUT2D eigenvalue weighted by molar-refractivity contribution is 0.481. The van der Waals surface area contributed by atoms with Crippen LogP contribution in [0.2, 0.25) is 5.02 Å². The minimum atomic E-state index is -0.917. The molecule has 0 aliphatic carbocycles. The van der Waals surface area contributed by atoms with Crippen LogP contribution in [0.5, 0.6) is 0 Å². The topological polar surface area (TPSA) is 44.8 Å². The van der Waals surface area contributed by atoms with Gasteiger partial charge in [-0.3, -0.25) is 0 Å².